The highest BCUT2D eigenvalue weighted by molar-refractivity contribution is 5.75. The van der Waals surface area contributed by atoms with Crippen LogP contribution in [0, 0.1) is 0 Å². The van der Waals surface area contributed by atoms with E-state index in [0.717, 1.165) is 24.2 Å². The molecule has 0 radical (unpaired) electrons. The lowest BCUT2D eigenvalue weighted by Crippen LogP contribution is -2.37. The first-order valence-electron chi connectivity index (χ1n) is 6.72. The molecule has 0 aromatic heterocycles. The standard InChI is InChI=1S/C15H25N3O2/c1-15(2,20-3)8-9-18(11-14(17)19)10-12-4-6-13(16)7-5-12/h4-7H,8-11,16H2,1-3H3,(H2,17,19). The summed E-state index contributed by atoms with van der Waals surface area (Å²) in [4.78, 5) is 13.2. The Bertz CT molecular complexity index is 429. The normalized spacial score (nSPS) is 11.8. The summed E-state index contributed by atoms with van der Waals surface area (Å²) >= 11 is 0. The number of hydrogen-bond acceptors (Lipinski definition) is 4. The van der Waals surface area contributed by atoms with Crippen LogP contribution in [0.1, 0.15) is 25.8 Å². The van der Waals surface area contributed by atoms with Crippen LogP contribution in [-0.2, 0) is 16.1 Å². The molecule has 0 bridgehead atoms. The van der Waals surface area contributed by atoms with Crippen LogP contribution in [0.15, 0.2) is 24.3 Å². The summed E-state index contributed by atoms with van der Waals surface area (Å²) in [6.07, 6.45) is 0.825. The number of anilines is 1. The van der Waals surface area contributed by atoms with E-state index in [0.29, 0.717) is 6.54 Å². The molecule has 0 aliphatic rings. The second kappa shape index (κ2) is 7.26. The highest BCUT2D eigenvalue weighted by Crippen LogP contribution is 2.15. The minimum absolute atomic E-state index is 0.211. The van der Waals surface area contributed by atoms with E-state index in [4.69, 9.17) is 16.2 Å². The van der Waals surface area contributed by atoms with Crippen molar-refractivity contribution in [1.82, 2.24) is 4.90 Å². The van der Waals surface area contributed by atoms with Gasteiger partial charge in [0.2, 0.25) is 5.91 Å². The van der Waals surface area contributed by atoms with Gasteiger partial charge in [-0.2, -0.15) is 0 Å². The maximum Gasteiger partial charge on any atom is 0.231 e. The first kappa shape index (κ1) is 16.5. The molecule has 5 heteroatoms. The molecule has 1 aromatic rings. The maximum absolute atomic E-state index is 11.2. The summed E-state index contributed by atoms with van der Waals surface area (Å²) in [5.74, 6) is -0.323. The molecule has 5 nitrogen and oxygen atoms in total. The number of carbonyl (C=O) groups is 1. The first-order chi connectivity index (χ1) is 9.32. The van der Waals surface area contributed by atoms with Gasteiger partial charge in [0.15, 0.2) is 0 Å². The Morgan fingerprint density at radius 1 is 1.30 bits per heavy atom. The van der Waals surface area contributed by atoms with Gasteiger partial charge < -0.3 is 16.2 Å². The van der Waals surface area contributed by atoms with Crippen molar-refractivity contribution in [3.63, 3.8) is 0 Å². The van der Waals surface area contributed by atoms with Crippen molar-refractivity contribution < 1.29 is 9.53 Å². The zero-order valence-electron chi connectivity index (χ0n) is 12.6. The Kier molecular flexibility index (Phi) is 5.98. The van der Waals surface area contributed by atoms with E-state index >= 15 is 0 Å². The molecule has 4 N–H and O–H groups in total. The molecule has 0 saturated heterocycles. The Morgan fingerprint density at radius 2 is 1.90 bits per heavy atom. The summed E-state index contributed by atoms with van der Waals surface area (Å²) in [5, 5.41) is 0. The van der Waals surface area contributed by atoms with Crippen LogP contribution in [0.25, 0.3) is 0 Å². The Hall–Kier alpha value is -1.59. The fraction of sp³-hybridized carbons (Fsp3) is 0.533. The molecule has 0 saturated carbocycles. The molecule has 0 spiro atoms. The van der Waals surface area contributed by atoms with Crippen LogP contribution in [0.2, 0.25) is 0 Å². The summed E-state index contributed by atoms with van der Waals surface area (Å²) in [6, 6.07) is 7.64. The van der Waals surface area contributed by atoms with Gasteiger partial charge in [0.1, 0.15) is 0 Å². The Balaban J connectivity index is 2.64. The quantitative estimate of drug-likeness (QED) is 0.704. The average Bonchev–Trinajstić information content (AvgIpc) is 2.38. The monoisotopic (exact) mass is 279 g/mol. The number of benzene rings is 1. The number of nitrogens with zero attached hydrogens (tertiary/aromatic N) is 1. The summed E-state index contributed by atoms with van der Waals surface area (Å²) < 4.78 is 5.40. The van der Waals surface area contributed by atoms with E-state index in [1.54, 1.807) is 7.11 Å². The van der Waals surface area contributed by atoms with Crippen LogP contribution >= 0.6 is 0 Å². The minimum atomic E-state index is -0.323. The molecule has 1 amide bonds. The minimum Gasteiger partial charge on any atom is -0.399 e. The summed E-state index contributed by atoms with van der Waals surface area (Å²) in [6.45, 7) is 5.71. The lowest BCUT2D eigenvalue weighted by Gasteiger charge is -2.28. The van der Waals surface area contributed by atoms with Crippen molar-refractivity contribution >= 4 is 11.6 Å². The third-order valence-electron chi connectivity index (χ3n) is 3.35. The number of nitrogen functional groups attached to an aromatic ring is 1. The largest absolute Gasteiger partial charge is 0.399 e. The number of nitrogens with two attached hydrogens (primary N) is 2. The van der Waals surface area contributed by atoms with Crippen molar-refractivity contribution in [3.05, 3.63) is 29.8 Å². The molecule has 20 heavy (non-hydrogen) atoms. The van der Waals surface area contributed by atoms with Crippen LogP contribution in [0.4, 0.5) is 5.69 Å². The zero-order valence-corrected chi connectivity index (χ0v) is 12.6. The van der Waals surface area contributed by atoms with Crippen molar-refractivity contribution in [2.24, 2.45) is 5.73 Å². The van der Waals surface area contributed by atoms with Crippen molar-refractivity contribution in [1.29, 1.82) is 0 Å². The van der Waals surface area contributed by atoms with Gasteiger partial charge in [0, 0.05) is 25.9 Å². The molecule has 0 atom stereocenters. The van der Waals surface area contributed by atoms with Gasteiger partial charge in [-0.05, 0) is 38.0 Å². The highest BCUT2D eigenvalue weighted by Gasteiger charge is 2.19. The number of amides is 1. The van der Waals surface area contributed by atoms with Gasteiger partial charge in [-0.15, -0.1) is 0 Å². The smallest absolute Gasteiger partial charge is 0.231 e. The van der Waals surface area contributed by atoms with Crippen molar-refractivity contribution in [3.8, 4) is 0 Å². The fourth-order valence-electron chi connectivity index (χ4n) is 1.85. The van der Waals surface area contributed by atoms with Crippen LogP contribution in [0.3, 0.4) is 0 Å². The molecule has 1 rings (SSSR count). The van der Waals surface area contributed by atoms with Gasteiger partial charge in [-0.25, -0.2) is 0 Å². The van der Waals surface area contributed by atoms with Crippen LogP contribution in [0.5, 0.6) is 0 Å². The number of primary amides is 1. The second-order valence-corrected chi connectivity index (χ2v) is 5.63. The number of methoxy groups -OCH3 is 1. The van der Waals surface area contributed by atoms with Gasteiger partial charge in [-0.1, -0.05) is 12.1 Å². The van der Waals surface area contributed by atoms with E-state index < -0.39 is 0 Å². The molecule has 0 unspecified atom stereocenters. The topological polar surface area (TPSA) is 81.6 Å². The summed E-state index contributed by atoms with van der Waals surface area (Å²) in [5.41, 5.74) is 12.6. The van der Waals surface area contributed by atoms with Gasteiger partial charge in [0.25, 0.3) is 0 Å². The van der Waals surface area contributed by atoms with E-state index in [1.807, 2.05) is 43.0 Å². The van der Waals surface area contributed by atoms with Crippen molar-refractivity contribution in [2.75, 3.05) is 25.9 Å². The van der Waals surface area contributed by atoms with Gasteiger partial charge in [-0.3, -0.25) is 9.69 Å². The highest BCUT2D eigenvalue weighted by atomic mass is 16.5. The number of ether oxygens (including phenoxy) is 1. The molecule has 0 aliphatic carbocycles. The van der Waals surface area contributed by atoms with Crippen LogP contribution < -0.4 is 11.5 Å². The Morgan fingerprint density at radius 3 is 2.40 bits per heavy atom. The first-order valence-corrected chi connectivity index (χ1v) is 6.72. The molecule has 0 aliphatic heterocycles. The molecule has 0 heterocycles. The SMILES string of the molecule is COC(C)(C)CCN(CC(N)=O)Cc1ccc(N)cc1. The zero-order chi connectivity index (χ0) is 15.2. The predicted molar refractivity (Wildman–Crippen MR) is 81.0 cm³/mol. The molecular formula is C15H25N3O2. The van der Waals surface area contributed by atoms with E-state index in [-0.39, 0.29) is 18.1 Å². The molecule has 1 aromatic carbocycles. The lowest BCUT2D eigenvalue weighted by molar-refractivity contribution is -0.119. The molecule has 112 valence electrons. The Labute approximate surface area is 120 Å². The fourth-order valence-corrected chi connectivity index (χ4v) is 1.85. The summed E-state index contributed by atoms with van der Waals surface area (Å²) in [7, 11) is 1.69. The molecular weight excluding hydrogens is 254 g/mol. The predicted octanol–water partition coefficient (Wildman–Crippen LogP) is 1.37. The number of rotatable bonds is 8. The molecule has 0 fully saturated rings. The second-order valence-electron chi connectivity index (χ2n) is 5.63. The van der Waals surface area contributed by atoms with Crippen LogP contribution in [-0.4, -0.2) is 36.6 Å². The third kappa shape index (κ3) is 6.04. The van der Waals surface area contributed by atoms with Gasteiger partial charge >= 0.3 is 0 Å². The number of carbonyl (C=O) groups excluding carboxylic acids is 1. The van der Waals surface area contributed by atoms with Gasteiger partial charge in [0.05, 0.1) is 12.1 Å². The maximum atomic E-state index is 11.2. The average molecular weight is 279 g/mol. The van der Waals surface area contributed by atoms with Crippen molar-refractivity contribution in [2.45, 2.75) is 32.4 Å². The van der Waals surface area contributed by atoms with E-state index in [1.165, 1.54) is 0 Å². The van der Waals surface area contributed by atoms with E-state index in [2.05, 4.69) is 0 Å². The lowest BCUT2D eigenvalue weighted by atomic mass is 10.0. The number of hydrogen-bond donors (Lipinski definition) is 2. The third-order valence-corrected chi connectivity index (χ3v) is 3.35. The van der Waals surface area contributed by atoms with E-state index in [9.17, 15) is 4.79 Å².